The van der Waals surface area contributed by atoms with Gasteiger partial charge in [0.05, 0.1) is 0 Å². The summed E-state index contributed by atoms with van der Waals surface area (Å²) >= 11 is 0. The van der Waals surface area contributed by atoms with E-state index < -0.39 is 0 Å². The molecule has 0 aromatic rings. The van der Waals surface area contributed by atoms with Gasteiger partial charge in [0.15, 0.2) is 11.3 Å². The predicted molar refractivity (Wildman–Crippen MR) is 58.8 cm³/mol. The summed E-state index contributed by atoms with van der Waals surface area (Å²) in [6.07, 6.45) is 6.30. The molecule has 0 aliphatic rings. The molecule has 0 rings (SSSR count). The number of hydrogen-bond donors (Lipinski definition) is 1. The molecule has 0 saturated heterocycles. The molecule has 0 saturated carbocycles. The molecule has 0 bridgehead atoms. The lowest BCUT2D eigenvalue weighted by Gasteiger charge is -2.22. The van der Waals surface area contributed by atoms with E-state index in [1.807, 2.05) is 39.9 Å². The van der Waals surface area contributed by atoms with Gasteiger partial charge in [0, 0.05) is 18.8 Å². The highest BCUT2D eigenvalue weighted by Crippen LogP contribution is 2.13. The predicted octanol–water partition coefficient (Wildman–Crippen LogP) is 0.967. The van der Waals surface area contributed by atoms with Gasteiger partial charge in [0.25, 0.3) is 0 Å². The standard InChI is InChI=1S/C12H21NO/c1-7-12(6,8-2)13-9-10(14)11(3,4)5/h1,13H,8-9H2,2-6H3/p+1/t12-/m1/s1. The molecule has 0 aliphatic carbocycles. The lowest BCUT2D eigenvalue weighted by Crippen LogP contribution is -2.97. The van der Waals surface area contributed by atoms with E-state index in [1.165, 1.54) is 0 Å². The van der Waals surface area contributed by atoms with E-state index in [4.69, 9.17) is 6.42 Å². The SMILES string of the molecule is C#C[C@](C)(CC)[NH2+]CC(=O)C(C)(C)C. The second-order valence-corrected chi connectivity index (χ2v) is 5.00. The summed E-state index contributed by atoms with van der Waals surface area (Å²) in [6, 6.07) is 0. The lowest BCUT2D eigenvalue weighted by atomic mass is 9.90. The highest BCUT2D eigenvalue weighted by molar-refractivity contribution is 5.84. The summed E-state index contributed by atoms with van der Waals surface area (Å²) in [5.74, 6) is 2.97. The largest absolute Gasteiger partial charge is 0.325 e. The zero-order valence-corrected chi connectivity index (χ0v) is 9.98. The van der Waals surface area contributed by atoms with Crippen molar-refractivity contribution in [2.75, 3.05) is 6.54 Å². The number of rotatable bonds is 4. The van der Waals surface area contributed by atoms with Crippen LogP contribution >= 0.6 is 0 Å². The fourth-order valence-electron chi connectivity index (χ4n) is 0.929. The normalized spacial score (nSPS) is 15.7. The molecule has 0 aliphatic heterocycles. The van der Waals surface area contributed by atoms with E-state index >= 15 is 0 Å². The van der Waals surface area contributed by atoms with Crippen molar-refractivity contribution < 1.29 is 10.1 Å². The van der Waals surface area contributed by atoms with Gasteiger partial charge in [-0.1, -0.05) is 27.7 Å². The Balaban J connectivity index is 4.21. The average Bonchev–Trinajstić information content (AvgIpc) is 2.12. The van der Waals surface area contributed by atoms with E-state index in [9.17, 15) is 4.79 Å². The van der Waals surface area contributed by atoms with Crippen LogP contribution in [-0.4, -0.2) is 17.9 Å². The van der Waals surface area contributed by atoms with Gasteiger partial charge in [-0.3, -0.25) is 4.79 Å². The number of carbonyl (C=O) groups is 1. The third-order valence-electron chi connectivity index (χ3n) is 2.64. The van der Waals surface area contributed by atoms with Gasteiger partial charge in [-0.05, 0) is 5.92 Å². The maximum Gasteiger partial charge on any atom is 0.192 e. The summed E-state index contributed by atoms with van der Waals surface area (Å²) in [7, 11) is 0. The molecular weight excluding hydrogens is 174 g/mol. The van der Waals surface area contributed by atoms with Gasteiger partial charge >= 0.3 is 0 Å². The number of nitrogens with two attached hydrogens (primary N) is 1. The molecule has 0 aromatic carbocycles. The third kappa shape index (κ3) is 3.93. The fraction of sp³-hybridized carbons (Fsp3) is 0.750. The van der Waals surface area contributed by atoms with Crippen LogP contribution in [0.4, 0.5) is 0 Å². The van der Waals surface area contributed by atoms with Crippen LogP contribution in [0.5, 0.6) is 0 Å². The van der Waals surface area contributed by atoms with E-state index in [0.717, 1.165) is 6.42 Å². The summed E-state index contributed by atoms with van der Waals surface area (Å²) in [5.41, 5.74) is -0.499. The number of terminal acetylenes is 1. The van der Waals surface area contributed by atoms with Crippen LogP contribution in [-0.2, 0) is 4.79 Å². The van der Waals surface area contributed by atoms with Crippen molar-refractivity contribution in [3.63, 3.8) is 0 Å². The molecule has 2 N–H and O–H groups in total. The first-order valence-electron chi connectivity index (χ1n) is 5.10. The van der Waals surface area contributed by atoms with E-state index in [1.54, 1.807) is 0 Å². The first-order valence-corrected chi connectivity index (χ1v) is 5.10. The molecule has 14 heavy (non-hydrogen) atoms. The van der Waals surface area contributed by atoms with Gasteiger partial charge in [0.1, 0.15) is 6.54 Å². The number of ketones is 1. The lowest BCUT2D eigenvalue weighted by molar-refractivity contribution is -0.700. The minimum atomic E-state index is -0.264. The molecule has 80 valence electrons. The van der Waals surface area contributed by atoms with Crippen LogP contribution in [0.2, 0.25) is 0 Å². The summed E-state index contributed by atoms with van der Waals surface area (Å²) < 4.78 is 0. The van der Waals surface area contributed by atoms with Gasteiger partial charge in [-0.25, -0.2) is 0 Å². The van der Waals surface area contributed by atoms with Crippen LogP contribution in [0.1, 0.15) is 41.0 Å². The van der Waals surface area contributed by atoms with Crippen LogP contribution in [0.3, 0.4) is 0 Å². The molecule has 1 atom stereocenters. The van der Waals surface area contributed by atoms with Crippen molar-refractivity contribution >= 4 is 5.78 Å². The molecule has 2 heteroatoms. The third-order valence-corrected chi connectivity index (χ3v) is 2.64. The Morgan fingerprint density at radius 1 is 1.36 bits per heavy atom. The van der Waals surface area contributed by atoms with Crippen molar-refractivity contribution in [2.24, 2.45) is 5.41 Å². The zero-order chi connectivity index (χ0) is 11.4. The van der Waals surface area contributed by atoms with Gasteiger partial charge < -0.3 is 5.32 Å². The van der Waals surface area contributed by atoms with Crippen molar-refractivity contribution in [1.29, 1.82) is 0 Å². The van der Waals surface area contributed by atoms with Crippen molar-refractivity contribution in [2.45, 2.75) is 46.6 Å². The smallest absolute Gasteiger partial charge is 0.192 e. The Bertz CT molecular complexity index is 244. The maximum absolute atomic E-state index is 11.6. The first kappa shape index (κ1) is 13.2. The quantitative estimate of drug-likeness (QED) is 0.668. The van der Waals surface area contributed by atoms with Gasteiger partial charge in [-0.15, -0.1) is 6.42 Å². The Labute approximate surface area is 87.5 Å². The average molecular weight is 196 g/mol. The monoisotopic (exact) mass is 196 g/mol. The second-order valence-electron chi connectivity index (χ2n) is 5.00. The summed E-state index contributed by atoms with van der Waals surface area (Å²) in [4.78, 5) is 11.6. The molecular formula is C12H22NO+. The summed E-state index contributed by atoms with van der Waals surface area (Å²) in [5, 5.41) is 1.96. The zero-order valence-electron chi connectivity index (χ0n) is 9.98. The number of hydrogen-bond acceptors (Lipinski definition) is 1. The highest BCUT2D eigenvalue weighted by atomic mass is 16.1. The molecule has 0 amide bonds. The fourth-order valence-corrected chi connectivity index (χ4v) is 0.929. The van der Waals surface area contributed by atoms with Crippen LogP contribution < -0.4 is 5.32 Å². The van der Waals surface area contributed by atoms with Crippen LogP contribution in [0.25, 0.3) is 0 Å². The Hall–Kier alpha value is -0.810. The van der Waals surface area contributed by atoms with Crippen molar-refractivity contribution in [3.8, 4) is 12.3 Å². The molecule has 0 fully saturated rings. The number of Topliss-reactive ketones (excluding diaryl/α,β-unsaturated/α-hetero) is 1. The summed E-state index contributed by atoms with van der Waals surface area (Å²) in [6.45, 7) is 10.3. The van der Waals surface area contributed by atoms with Crippen molar-refractivity contribution in [3.05, 3.63) is 0 Å². The Morgan fingerprint density at radius 3 is 2.14 bits per heavy atom. The number of quaternary nitrogens is 1. The van der Waals surface area contributed by atoms with Crippen LogP contribution in [0, 0.1) is 17.8 Å². The minimum absolute atomic E-state index is 0.235. The van der Waals surface area contributed by atoms with E-state index in [2.05, 4.69) is 5.92 Å². The van der Waals surface area contributed by atoms with E-state index in [-0.39, 0.29) is 16.7 Å². The molecule has 0 heterocycles. The van der Waals surface area contributed by atoms with Crippen molar-refractivity contribution in [1.82, 2.24) is 0 Å². The second kappa shape index (κ2) is 4.61. The molecule has 2 nitrogen and oxygen atoms in total. The van der Waals surface area contributed by atoms with Gasteiger partial charge in [-0.2, -0.15) is 0 Å². The number of carbonyl (C=O) groups excluding carboxylic acids is 1. The Morgan fingerprint density at radius 2 is 1.86 bits per heavy atom. The first-order chi connectivity index (χ1) is 6.25. The molecule has 0 radical (unpaired) electrons. The Kier molecular flexibility index (Phi) is 4.35. The molecule has 0 unspecified atom stereocenters. The maximum atomic E-state index is 11.6. The highest BCUT2D eigenvalue weighted by Gasteiger charge is 2.28. The topological polar surface area (TPSA) is 33.7 Å². The van der Waals surface area contributed by atoms with Crippen LogP contribution in [0.15, 0.2) is 0 Å². The van der Waals surface area contributed by atoms with Gasteiger partial charge in [0.2, 0.25) is 0 Å². The molecule has 0 spiro atoms. The molecule has 0 aromatic heterocycles. The van der Waals surface area contributed by atoms with E-state index in [0.29, 0.717) is 6.54 Å². The minimum Gasteiger partial charge on any atom is -0.325 e.